The summed E-state index contributed by atoms with van der Waals surface area (Å²) in [4.78, 5) is 11.3. The van der Waals surface area contributed by atoms with Gasteiger partial charge in [0.2, 0.25) is 5.91 Å². The molecule has 0 spiro atoms. The van der Waals surface area contributed by atoms with Crippen LogP contribution in [-0.2, 0) is 4.79 Å². The maximum atomic E-state index is 11.3. The molecule has 0 aliphatic heterocycles. The van der Waals surface area contributed by atoms with Gasteiger partial charge in [0.1, 0.15) is 0 Å². The van der Waals surface area contributed by atoms with Crippen molar-refractivity contribution in [3.8, 4) is 0 Å². The van der Waals surface area contributed by atoms with Crippen LogP contribution < -0.4 is 11.1 Å². The van der Waals surface area contributed by atoms with Gasteiger partial charge in [-0.25, -0.2) is 0 Å². The minimum Gasteiger partial charge on any atom is -0.356 e. The first kappa shape index (κ1) is 13.4. The van der Waals surface area contributed by atoms with Crippen molar-refractivity contribution in [1.82, 2.24) is 5.32 Å². The number of hydrogen-bond donors (Lipinski definition) is 2. The van der Waals surface area contributed by atoms with Crippen LogP contribution in [-0.4, -0.2) is 18.5 Å². The van der Waals surface area contributed by atoms with E-state index in [0.717, 1.165) is 13.0 Å². The lowest BCUT2D eigenvalue weighted by Crippen LogP contribution is -2.35. The maximum Gasteiger partial charge on any atom is 0.221 e. The third kappa shape index (κ3) is 6.89. The summed E-state index contributed by atoms with van der Waals surface area (Å²) in [6.07, 6.45) is 1.47. The molecule has 0 aromatic rings. The number of amides is 1. The van der Waals surface area contributed by atoms with Crippen molar-refractivity contribution in [2.45, 2.75) is 46.6 Å². The van der Waals surface area contributed by atoms with Gasteiger partial charge in [0.05, 0.1) is 0 Å². The summed E-state index contributed by atoms with van der Waals surface area (Å²) in [6, 6.07) is -0.0194. The second-order valence-corrected chi connectivity index (χ2v) is 4.64. The highest BCUT2D eigenvalue weighted by Gasteiger charge is 2.12. The molecule has 1 atom stereocenters. The van der Waals surface area contributed by atoms with E-state index in [4.69, 9.17) is 5.73 Å². The molecule has 0 aromatic carbocycles. The highest BCUT2D eigenvalue weighted by Crippen LogP contribution is 2.02. The van der Waals surface area contributed by atoms with Crippen LogP contribution >= 0.6 is 0 Å². The molecule has 0 aliphatic rings. The van der Waals surface area contributed by atoms with E-state index in [1.54, 1.807) is 0 Å². The molecule has 3 N–H and O–H groups in total. The van der Waals surface area contributed by atoms with Crippen molar-refractivity contribution in [2.24, 2.45) is 17.6 Å². The van der Waals surface area contributed by atoms with Gasteiger partial charge in [-0.2, -0.15) is 0 Å². The maximum absolute atomic E-state index is 11.3. The second kappa shape index (κ2) is 6.82. The molecule has 0 saturated heterocycles. The molecule has 1 unspecified atom stereocenters. The van der Waals surface area contributed by atoms with Crippen molar-refractivity contribution in [3.63, 3.8) is 0 Å². The summed E-state index contributed by atoms with van der Waals surface area (Å²) in [7, 11) is 0. The fourth-order valence-electron chi connectivity index (χ4n) is 1.02. The number of carbonyl (C=O) groups is 1. The molecule has 0 rings (SSSR count). The normalized spacial score (nSPS) is 13.4. The van der Waals surface area contributed by atoms with E-state index in [-0.39, 0.29) is 11.9 Å². The molecule has 3 nitrogen and oxygen atoms in total. The number of carbonyl (C=O) groups excluding carboxylic acids is 1. The van der Waals surface area contributed by atoms with E-state index in [1.165, 1.54) is 0 Å². The van der Waals surface area contributed by atoms with E-state index in [9.17, 15) is 4.79 Å². The Bertz CT molecular complexity index is 167. The quantitative estimate of drug-likeness (QED) is 0.683. The summed E-state index contributed by atoms with van der Waals surface area (Å²) in [5.41, 5.74) is 5.79. The second-order valence-electron chi connectivity index (χ2n) is 4.64. The Balaban J connectivity index is 3.55. The lowest BCUT2D eigenvalue weighted by molar-refractivity contribution is -0.121. The van der Waals surface area contributed by atoms with Gasteiger partial charge in [-0.05, 0) is 18.3 Å². The predicted octanol–water partition coefficient (Wildman–Crippen LogP) is 1.52. The standard InChI is InChI=1S/C11H24N2O/c1-8(2)5-6-13-11(14)7-10(12)9(3)4/h8-10H,5-7,12H2,1-4H3,(H,13,14). The van der Waals surface area contributed by atoms with Crippen molar-refractivity contribution >= 4 is 5.91 Å². The van der Waals surface area contributed by atoms with Crippen LogP contribution in [0, 0.1) is 11.8 Å². The molecular formula is C11H24N2O. The highest BCUT2D eigenvalue weighted by atomic mass is 16.1. The smallest absolute Gasteiger partial charge is 0.221 e. The number of nitrogens with two attached hydrogens (primary N) is 1. The molecule has 14 heavy (non-hydrogen) atoms. The third-order valence-electron chi connectivity index (χ3n) is 2.32. The Morgan fingerprint density at radius 3 is 2.29 bits per heavy atom. The van der Waals surface area contributed by atoms with Gasteiger partial charge in [-0.15, -0.1) is 0 Å². The van der Waals surface area contributed by atoms with Crippen molar-refractivity contribution in [1.29, 1.82) is 0 Å². The van der Waals surface area contributed by atoms with Gasteiger partial charge in [-0.1, -0.05) is 27.7 Å². The van der Waals surface area contributed by atoms with Crippen molar-refractivity contribution < 1.29 is 4.79 Å². The molecule has 84 valence electrons. The summed E-state index contributed by atoms with van der Waals surface area (Å²) < 4.78 is 0. The van der Waals surface area contributed by atoms with E-state index in [2.05, 4.69) is 19.2 Å². The van der Waals surface area contributed by atoms with Crippen LogP contribution in [0.1, 0.15) is 40.5 Å². The first-order valence-electron chi connectivity index (χ1n) is 5.45. The summed E-state index contributed by atoms with van der Waals surface area (Å²) in [6.45, 7) is 9.12. The number of hydrogen-bond acceptors (Lipinski definition) is 2. The Kier molecular flexibility index (Phi) is 6.54. The van der Waals surface area contributed by atoms with E-state index in [0.29, 0.717) is 18.3 Å². The molecular weight excluding hydrogens is 176 g/mol. The lowest BCUT2D eigenvalue weighted by atomic mass is 10.0. The zero-order valence-electron chi connectivity index (χ0n) is 9.84. The average Bonchev–Trinajstić information content (AvgIpc) is 2.02. The van der Waals surface area contributed by atoms with Crippen molar-refractivity contribution in [2.75, 3.05) is 6.54 Å². The number of nitrogens with one attached hydrogen (secondary N) is 1. The van der Waals surface area contributed by atoms with Gasteiger partial charge in [0, 0.05) is 19.0 Å². The van der Waals surface area contributed by atoms with Crippen LogP contribution in [0.2, 0.25) is 0 Å². The zero-order chi connectivity index (χ0) is 11.1. The molecule has 3 heteroatoms. The van der Waals surface area contributed by atoms with E-state index < -0.39 is 0 Å². The van der Waals surface area contributed by atoms with Gasteiger partial charge in [-0.3, -0.25) is 4.79 Å². The van der Waals surface area contributed by atoms with E-state index >= 15 is 0 Å². The highest BCUT2D eigenvalue weighted by molar-refractivity contribution is 5.76. The first-order chi connectivity index (χ1) is 6.43. The minimum atomic E-state index is -0.0194. The predicted molar refractivity (Wildman–Crippen MR) is 59.9 cm³/mol. The van der Waals surface area contributed by atoms with Gasteiger partial charge < -0.3 is 11.1 Å². The zero-order valence-corrected chi connectivity index (χ0v) is 9.84. The molecule has 0 heterocycles. The summed E-state index contributed by atoms with van der Waals surface area (Å²) in [5, 5.41) is 2.88. The summed E-state index contributed by atoms with van der Waals surface area (Å²) >= 11 is 0. The lowest BCUT2D eigenvalue weighted by Gasteiger charge is -2.15. The SMILES string of the molecule is CC(C)CCNC(=O)CC(N)C(C)C. The van der Waals surface area contributed by atoms with Gasteiger partial charge in [0.25, 0.3) is 0 Å². The molecule has 0 aliphatic carbocycles. The fourth-order valence-corrected chi connectivity index (χ4v) is 1.02. The van der Waals surface area contributed by atoms with Crippen LogP contribution in [0.4, 0.5) is 0 Å². The molecule has 0 radical (unpaired) electrons. The van der Waals surface area contributed by atoms with Crippen LogP contribution in [0.5, 0.6) is 0 Å². The molecule has 0 fully saturated rings. The summed E-state index contributed by atoms with van der Waals surface area (Å²) in [5.74, 6) is 1.08. The average molecular weight is 200 g/mol. The Morgan fingerprint density at radius 2 is 1.86 bits per heavy atom. The Labute approximate surface area is 87.4 Å². The molecule has 0 bridgehead atoms. The monoisotopic (exact) mass is 200 g/mol. The molecule has 0 saturated carbocycles. The third-order valence-corrected chi connectivity index (χ3v) is 2.32. The van der Waals surface area contributed by atoms with Gasteiger partial charge >= 0.3 is 0 Å². The Hall–Kier alpha value is -0.570. The van der Waals surface area contributed by atoms with Gasteiger partial charge in [0.15, 0.2) is 0 Å². The van der Waals surface area contributed by atoms with Crippen molar-refractivity contribution in [3.05, 3.63) is 0 Å². The van der Waals surface area contributed by atoms with Crippen LogP contribution in [0.25, 0.3) is 0 Å². The fraction of sp³-hybridized carbons (Fsp3) is 0.909. The van der Waals surface area contributed by atoms with E-state index in [1.807, 2.05) is 13.8 Å². The largest absolute Gasteiger partial charge is 0.356 e. The molecule has 0 aromatic heterocycles. The topological polar surface area (TPSA) is 55.1 Å². The first-order valence-corrected chi connectivity index (χ1v) is 5.45. The van der Waals surface area contributed by atoms with Crippen LogP contribution in [0.3, 0.4) is 0 Å². The minimum absolute atomic E-state index is 0.0194. The van der Waals surface area contributed by atoms with Crippen LogP contribution in [0.15, 0.2) is 0 Å². The Morgan fingerprint density at radius 1 is 1.29 bits per heavy atom. The molecule has 1 amide bonds. The number of rotatable bonds is 6.